The van der Waals surface area contributed by atoms with Gasteiger partial charge in [-0.15, -0.1) is 11.3 Å². The fourth-order valence-corrected chi connectivity index (χ4v) is 4.82. The molecule has 1 aliphatic rings. The van der Waals surface area contributed by atoms with Crippen LogP contribution in [0.2, 0.25) is 0 Å². The van der Waals surface area contributed by atoms with Gasteiger partial charge in [-0.2, -0.15) is 0 Å². The van der Waals surface area contributed by atoms with Crippen LogP contribution in [-0.2, 0) is 11.3 Å². The Bertz CT molecular complexity index is 1210. The smallest absolute Gasteiger partial charge is 0.275 e. The summed E-state index contributed by atoms with van der Waals surface area (Å²) in [5, 5.41) is 6.82. The third-order valence-corrected chi connectivity index (χ3v) is 6.45. The Balaban J connectivity index is 1.32. The first-order chi connectivity index (χ1) is 15.2. The third-order valence-electron chi connectivity index (χ3n) is 5.58. The van der Waals surface area contributed by atoms with Crippen LogP contribution in [0.3, 0.4) is 0 Å². The summed E-state index contributed by atoms with van der Waals surface area (Å²) in [7, 11) is 0. The summed E-state index contributed by atoms with van der Waals surface area (Å²) in [5.74, 6) is -0.194. The predicted octanol–water partition coefficient (Wildman–Crippen LogP) is 4.87. The molecule has 0 aliphatic carbocycles. The topological polar surface area (TPSA) is 59.4 Å². The molecule has 1 fully saturated rings. The minimum atomic E-state index is -0.194. The van der Waals surface area contributed by atoms with Crippen LogP contribution in [0.4, 0.5) is 11.4 Å². The minimum absolute atomic E-state index is 0.194. The zero-order valence-electron chi connectivity index (χ0n) is 17.4. The van der Waals surface area contributed by atoms with Crippen molar-refractivity contribution in [1.29, 1.82) is 0 Å². The first-order valence-electron chi connectivity index (χ1n) is 10.5. The Morgan fingerprint density at radius 1 is 1.13 bits per heavy atom. The number of ether oxygens (including phenoxy) is 1. The van der Waals surface area contributed by atoms with E-state index in [9.17, 15) is 4.79 Å². The van der Waals surface area contributed by atoms with Crippen molar-refractivity contribution in [3.8, 4) is 10.7 Å². The molecular weight excluding hydrogens is 408 g/mol. The highest BCUT2D eigenvalue weighted by molar-refractivity contribution is 7.13. The van der Waals surface area contributed by atoms with Crippen LogP contribution in [-0.4, -0.2) is 41.8 Å². The quantitative estimate of drug-likeness (QED) is 0.489. The second kappa shape index (κ2) is 8.53. The maximum atomic E-state index is 12.8. The summed E-state index contributed by atoms with van der Waals surface area (Å²) in [6.07, 6.45) is 0. The number of carbonyl (C=O) groups is 1. The van der Waals surface area contributed by atoms with Gasteiger partial charge in [-0.05, 0) is 43.3 Å². The summed E-state index contributed by atoms with van der Waals surface area (Å²) >= 11 is 1.50. The number of thiazole rings is 1. The van der Waals surface area contributed by atoms with Crippen LogP contribution in [0.15, 0.2) is 60.0 Å². The summed E-state index contributed by atoms with van der Waals surface area (Å²) in [5.41, 5.74) is 4.57. The van der Waals surface area contributed by atoms with E-state index in [0.717, 1.165) is 54.9 Å². The van der Waals surface area contributed by atoms with Gasteiger partial charge in [0.25, 0.3) is 5.91 Å². The Labute approximate surface area is 185 Å². The van der Waals surface area contributed by atoms with Gasteiger partial charge >= 0.3 is 0 Å². The van der Waals surface area contributed by atoms with Crippen LogP contribution < -0.4 is 10.2 Å². The van der Waals surface area contributed by atoms with E-state index in [-0.39, 0.29) is 5.91 Å². The largest absolute Gasteiger partial charge is 0.378 e. The fourth-order valence-electron chi connectivity index (χ4n) is 4.00. The number of para-hydroxylation sites is 1. The van der Waals surface area contributed by atoms with Crippen LogP contribution in [0.1, 0.15) is 17.4 Å². The molecule has 5 rings (SSSR count). The van der Waals surface area contributed by atoms with Gasteiger partial charge in [-0.25, -0.2) is 4.98 Å². The van der Waals surface area contributed by atoms with Crippen molar-refractivity contribution >= 4 is 39.5 Å². The lowest BCUT2D eigenvalue weighted by Gasteiger charge is -2.28. The molecule has 0 atom stereocenters. The van der Waals surface area contributed by atoms with Crippen molar-refractivity contribution in [2.75, 3.05) is 36.5 Å². The highest BCUT2D eigenvalue weighted by Gasteiger charge is 2.17. The molecule has 2 aromatic carbocycles. The van der Waals surface area contributed by atoms with Gasteiger partial charge in [0, 0.05) is 47.3 Å². The number of hydrogen-bond acceptors (Lipinski definition) is 5. The first-order valence-corrected chi connectivity index (χ1v) is 11.4. The fraction of sp³-hybridized carbons (Fsp3) is 0.250. The van der Waals surface area contributed by atoms with E-state index in [1.54, 1.807) is 0 Å². The number of aryl methyl sites for hydroxylation is 1. The molecule has 31 heavy (non-hydrogen) atoms. The lowest BCUT2D eigenvalue weighted by Crippen LogP contribution is -2.36. The lowest BCUT2D eigenvalue weighted by molar-refractivity contribution is 0.102. The Kier molecular flexibility index (Phi) is 5.44. The van der Waals surface area contributed by atoms with Crippen LogP contribution in [0.25, 0.3) is 21.6 Å². The van der Waals surface area contributed by atoms with Crippen molar-refractivity contribution in [3.63, 3.8) is 0 Å². The third kappa shape index (κ3) is 3.94. The number of nitrogens with zero attached hydrogens (tertiary/aromatic N) is 3. The second-order valence-corrected chi connectivity index (χ2v) is 8.33. The van der Waals surface area contributed by atoms with E-state index in [2.05, 4.69) is 44.9 Å². The normalized spacial score (nSPS) is 14.2. The van der Waals surface area contributed by atoms with E-state index < -0.39 is 0 Å². The summed E-state index contributed by atoms with van der Waals surface area (Å²) in [6, 6.07) is 18.4. The molecule has 2 aromatic heterocycles. The monoisotopic (exact) mass is 432 g/mol. The molecule has 7 heteroatoms. The van der Waals surface area contributed by atoms with Crippen molar-refractivity contribution in [1.82, 2.24) is 9.55 Å². The van der Waals surface area contributed by atoms with E-state index in [1.807, 2.05) is 41.8 Å². The average Bonchev–Trinajstić information content (AvgIpc) is 3.45. The number of amides is 1. The molecule has 1 N–H and O–H groups in total. The Hall–Kier alpha value is -3.16. The number of hydrogen-bond donors (Lipinski definition) is 1. The lowest BCUT2D eigenvalue weighted by atomic mass is 10.2. The minimum Gasteiger partial charge on any atom is -0.378 e. The van der Waals surface area contributed by atoms with E-state index in [4.69, 9.17) is 4.74 Å². The van der Waals surface area contributed by atoms with Crippen molar-refractivity contribution in [3.05, 3.63) is 65.7 Å². The predicted molar refractivity (Wildman–Crippen MR) is 126 cm³/mol. The van der Waals surface area contributed by atoms with Gasteiger partial charge < -0.3 is 19.5 Å². The van der Waals surface area contributed by atoms with Gasteiger partial charge in [0.2, 0.25) is 0 Å². The molecule has 0 bridgehead atoms. The molecule has 1 amide bonds. The number of fused-ring (bicyclic) bond motifs is 1. The van der Waals surface area contributed by atoms with Crippen molar-refractivity contribution in [2.24, 2.45) is 0 Å². The van der Waals surface area contributed by atoms with Crippen molar-refractivity contribution in [2.45, 2.75) is 13.5 Å². The van der Waals surface area contributed by atoms with Gasteiger partial charge in [-0.3, -0.25) is 4.79 Å². The van der Waals surface area contributed by atoms with E-state index in [1.165, 1.54) is 22.2 Å². The zero-order chi connectivity index (χ0) is 21.2. The highest BCUT2D eigenvalue weighted by atomic mass is 32.1. The maximum Gasteiger partial charge on any atom is 0.275 e. The molecule has 3 heterocycles. The average molecular weight is 433 g/mol. The maximum absolute atomic E-state index is 12.8. The number of rotatable bonds is 5. The molecule has 6 nitrogen and oxygen atoms in total. The second-order valence-electron chi connectivity index (χ2n) is 7.47. The number of aromatic nitrogens is 2. The molecule has 1 aliphatic heterocycles. The number of anilines is 2. The van der Waals surface area contributed by atoms with Crippen LogP contribution in [0, 0.1) is 0 Å². The van der Waals surface area contributed by atoms with E-state index >= 15 is 0 Å². The van der Waals surface area contributed by atoms with Gasteiger partial charge in [0.05, 0.1) is 18.9 Å². The zero-order valence-corrected chi connectivity index (χ0v) is 18.2. The SMILES string of the molecule is CCn1c(-c2nc(C(=O)Nc3ccc(N4CCOCC4)cc3)cs2)cc2ccccc21. The molecule has 0 radical (unpaired) electrons. The van der Waals surface area contributed by atoms with Gasteiger partial charge in [0.15, 0.2) is 0 Å². The summed E-state index contributed by atoms with van der Waals surface area (Å²) < 4.78 is 7.64. The number of morpholine rings is 1. The number of nitrogens with one attached hydrogen (secondary N) is 1. The number of carbonyl (C=O) groups excluding carboxylic acids is 1. The van der Waals surface area contributed by atoms with Gasteiger partial charge in [-0.1, -0.05) is 18.2 Å². The molecule has 0 saturated carbocycles. The van der Waals surface area contributed by atoms with Crippen LogP contribution >= 0.6 is 11.3 Å². The molecule has 0 spiro atoms. The molecule has 0 unspecified atom stereocenters. The standard InChI is InChI=1S/C24H24N4O2S/c1-2-28-21-6-4-3-5-17(21)15-22(28)24-26-20(16-31-24)23(29)25-18-7-9-19(10-8-18)27-11-13-30-14-12-27/h3-10,15-16H,2,11-14H2,1H3,(H,25,29). The van der Waals surface area contributed by atoms with Crippen LogP contribution in [0.5, 0.6) is 0 Å². The molecular formula is C24H24N4O2S. The Morgan fingerprint density at radius 3 is 2.68 bits per heavy atom. The van der Waals surface area contributed by atoms with Crippen molar-refractivity contribution < 1.29 is 9.53 Å². The van der Waals surface area contributed by atoms with Gasteiger partial charge in [0.1, 0.15) is 10.7 Å². The summed E-state index contributed by atoms with van der Waals surface area (Å²) in [4.78, 5) is 19.7. The summed E-state index contributed by atoms with van der Waals surface area (Å²) in [6.45, 7) is 6.25. The number of benzene rings is 2. The molecule has 158 valence electrons. The molecule has 4 aromatic rings. The Morgan fingerprint density at radius 2 is 1.90 bits per heavy atom. The van der Waals surface area contributed by atoms with E-state index in [0.29, 0.717) is 5.69 Å². The highest BCUT2D eigenvalue weighted by Crippen LogP contribution is 2.30. The molecule has 1 saturated heterocycles. The first kappa shape index (κ1) is 19.8.